The smallest absolute Gasteiger partial charge is 0.337 e. The molecule has 0 heterocycles. The van der Waals surface area contributed by atoms with E-state index in [0.29, 0.717) is 24.5 Å². The summed E-state index contributed by atoms with van der Waals surface area (Å²) in [5.41, 5.74) is 17.1. The zero-order valence-corrected chi connectivity index (χ0v) is 12.1. The standard InChI is InChI=1S/C13H20N6O2/c1-3-19(4-2)10-6-5-8(7-9(10)11(20)21)17-13(16)18-12(14)15/h5-7H,3-4H2,1-2H3,(H,20,21)(H6,14,15,16,17,18). The molecule has 1 rings (SSSR count). The molecule has 7 N–H and O–H groups in total. The summed E-state index contributed by atoms with van der Waals surface area (Å²) >= 11 is 0. The van der Waals surface area contributed by atoms with Crippen LogP contribution in [0.2, 0.25) is 0 Å². The SMILES string of the molecule is CCN(CC)c1ccc(N=C(N)N=C(N)N)cc1C(=O)O. The average Bonchev–Trinajstić information content (AvgIpc) is 2.40. The van der Waals surface area contributed by atoms with Crippen molar-refractivity contribution < 1.29 is 9.90 Å². The second kappa shape index (κ2) is 7.13. The Labute approximate surface area is 123 Å². The maximum absolute atomic E-state index is 11.4. The molecule has 21 heavy (non-hydrogen) atoms. The first-order chi connectivity index (χ1) is 9.88. The maximum Gasteiger partial charge on any atom is 0.337 e. The van der Waals surface area contributed by atoms with Crippen LogP contribution < -0.4 is 22.1 Å². The fourth-order valence-electron chi connectivity index (χ4n) is 1.89. The van der Waals surface area contributed by atoms with Crippen molar-refractivity contribution in [3.8, 4) is 0 Å². The number of anilines is 1. The van der Waals surface area contributed by atoms with E-state index < -0.39 is 5.97 Å². The summed E-state index contributed by atoms with van der Waals surface area (Å²) in [6.07, 6.45) is 0. The predicted octanol–water partition coefficient (Wildman–Crippen LogP) is 0.451. The number of guanidine groups is 2. The Morgan fingerprint density at radius 3 is 2.33 bits per heavy atom. The number of nitrogens with zero attached hydrogens (tertiary/aromatic N) is 3. The molecule has 0 spiro atoms. The van der Waals surface area contributed by atoms with Crippen molar-refractivity contribution >= 4 is 29.3 Å². The summed E-state index contributed by atoms with van der Waals surface area (Å²) in [4.78, 5) is 20.9. The maximum atomic E-state index is 11.4. The van der Waals surface area contributed by atoms with E-state index in [1.807, 2.05) is 18.7 Å². The zero-order valence-electron chi connectivity index (χ0n) is 12.1. The van der Waals surface area contributed by atoms with E-state index >= 15 is 0 Å². The van der Waals surface area contributed by atoms with Crippen molar-refractivity contribution in [2.75, 3.05) is 18.0 Å². The van der Waals surface area contributed by atoms with Crippen LogP contribution in [0.3, 0.4) is 0 Å². The fraction of sp³-hybridized carbons (Fsp3) is 0.308. The number of carboxylic acid groups (broad SMARTS) is 1. The molecule has 0 unspecified atom stereocenters. The summed E-state index contributed by atoms with van der Waals surface area (Å²) < 4.78 is 0. The zero-order chi connectivity index (χ0) is 16.0. The van der Waals surface area contributed by atoms with E-state index in [-0.39, 0.29) is 17.5 Å². The van der Waals surface area contributed by atoms with Gasteiger partial charge in [-0.15, -0.1) is 0 Å². The number of nitrogens with two attached hydrogens (primary N) is 3. The number of aromatic carboxylic acids is 1. The van der Waals surface area contributed by atoms with E-state index in [0.717, 1.165) is 0 Å². The van der Waals surface area contributed by atoms with Crippen LogP contribution in [0.5, 0.6) is 0 Å². The number of hydrogen-bond acceptors (Lipinski definition) is 3. The van der Waals surface area contributed by atoms with Crippen LogP contribution in [0.1, 0.15) is 24.2 Å². The van der Waals surface area contributed by atoms with Gasteiger partial charge in [0.2, 0.25) is 5.96 Å². The monoisotopic (exact) mass is 292 g/mol. The highest BCUT2D eigenvalue weighted by Crippen LogP contribution is 2.26. The molecule has 8 nitrogen and oxygen atoms in total. The fourth-order valence-corrected chi connectivity index (χ4v) is 1.89. The second-order valence-electron chi connectivity index (χ2n) is 4.19. The summed E-state index contributed by atoms with van der Waals surface area (Å²) in [6.45, 7) is 5.32. The number of benzene rings is 1. The van der Waals surface area contributed by atoms with E-state index in [1.54, 1.807) is 12.1 Å². The molecule has 0 bridgehead atoms. The highest BCUT2D eigenvalue weighted by molar-refractivity contribution is 5.97. The van der Waals surface area contributed by atoms with Gasteiger partial charge in [0.1, 0.15) is 0 Å². The Morgan fingerprint density at radius 1 is 1.24 bits per heavy atom. The van der Waals surface area contributed by atoms with Crippen molar-refractivity contribution in [3.63, 3.8) is 0 Å². The number of rotatable bonds is 5. The third-order valence-electron chi connectivity index (χ3n) is 2.80. The first-order valence-electron chi connectivity index (χ1n) is 6.45. The van der Waals surface area contributed by atoms with Crippen LogP contribution in [-0.4, -0.2) is 36.1 Å². The number of hydrogen-bond donors (Lipinski definition) is 4. The second-order valence-corrected chi connectivity index (χ2v) is 4.19. The molecular formula is C13H20N6O2. The van der Waals surface area contributed by atoms with Crippen LogP contribution in [0.15, 0.2) is 28.2 Å². The minimum Gasteiger partial charge on any atom is -0.478 e. The van der Waals surface area contributed by atoms with Crippen LogP contribution in [-0.2, 0) is 0 Å². The molecule has 0 aliphatic heterocycles. The van der Waals surface area contributed by atoms with E-state index in [1.165, 1.54) is 6.07 Å². The average molecular weight is 292 g/mol. The number of carbonyl (C=O) groups is 1. The summed E-state index contributed by atoms with van der Waals surface area (Å²) in [5.74, 6) is -1.38. The first kappa shape index (κ1) is 16.3. The third-order valence-corrected chi connectivity index (χ3v) is 2.80. The molecule has 0 fully saturated rings. The molecule has 0 aliphatic carbocycles. The van der Waals surface area contributed by atoms with Gasteiger partial charge in [0.05, 0.1) is 16.9 Å². The lowest BCUT2D eigenvalue weighted by molar-refractivity contribution is 0.0697. The first-order valence-corrected chi connectivity index (χ1v) is 6.45. The molecule has 0 radical (unpaired) electrons. The van der Waals surface area contributed by atoms with Gasteiger partial charge in [-0.25, -0.2) is 9.79 Å². The van der Waals surface area contributed by atoms with Gasteiger partial charge in [-0.1, -0.05) is 0 Å². The van der Waals surface area contributed by atoms with Crippen molar-refractivity contribution in [2.45, 2.75) is 13.8 Å². The highest BCUT2D eigenvalue weighted by atomic mass is 16.4. The Morgan fingerprint density at radius 2 is 1.86 bits per heavy atom. The van der Waals surface area contributed by atoms with Crippen molar-refractivity contribution in [1.29, 1.82) is 0 Å². The third kappa shape index (κ3) is 4.37. The lowest BCUT2D eigenvalue weighted by atomic mass is 10.1. The Hall–Kier alpha value is -2.77. The molecular weight excluding hydrogens is 272 g/mol. The van der Waals surface area contributed by atoms with Gasteiger partial charge < -0.3 is 27.2 Å². The van der Waals surface area contributed by atoms with Gasteiger partial charge in [0, 0.05) is 13.1 Å². The van der Waals surface area contributed by atoms with Gasteiger partial charge in [0.25, 0.3) is 0 Å². The Kier molecular flexibility index (Phi) is 5.53. The molecule has 8 heteroatoms. The van der Waals surface area contributed by atoms with Crippen molar-refractivity contribution in [2.24, 2.45) is 27.2 Å². The summed E-state index contributed by atoms with van der Waals surface area (Å²) in [7, 11) is 0. The number of aliphatic imine (C=N–C) groups is 2. The lowest BCUT2D eigenvalue weighted by Gasteiger charge is -2.23. The topological polar surface area (TPSA) is 143 Å². The minimum atomic E-state index is -1.03. The Bertz CT molecular complexity index is 574. The van der Waals surface area contributed by atoms with Crippen LogP contribution in [0.4, 0.5) is 11.4 Å². The minimum absolute atomic E-state index is 0.137. The van der Waals surface area contributed by atoms with Gasteiger partial charge in [0.15, 0.2) is 5.96 Å². The molecule has 0 saturated carbocycles. The molecule has 114 valence electrons. The van der Waals surface area contributed by atoms with Crippen LogP contribution in [0, 0.1) is 0 Å². The van der Waals surface area contributed by atoms with Gasteiger partial charge in [-0.2, -0.15) is 4.99 Å². The molecule has 0 aromatic heterocycles. The Balaban J connectivity index is 3.27. The molecule has 1 aromatic carbocycles. The molecule has 1 aromatic rings. The largest absolute Gasteiger partial charge is 0.478 e. The molecule has 0 aliphatic rings. The summed E-state index contributed by atoms with van der Waals surface area (Å²) in [6, 6.07) is 4.79. The molecule has 0 atom stereocenters. The van der Waals surface area contributed by atoms with Crippen LogP contribution >= 0.6 is 0 Å². The predicted molar refractivity (Wildman–Crippen MR) is 84.1 cm³/mol. The normalized spacial score (nSPS) is 11.0. The van der Waals surface area contributed by atoms with E-state index in [2.05, 4.69) is 9.98 Å². The quantitative estimate of drug-likeness (QED) is 0.458. The molecule has 0 saturated heterocycles. The number of carboxylic acids is 1. The van der Waals surface area contributed by atoms with Gasteiger partial charge >= 0.3 is 5.97 Å². The van der Waals surface area contributed by atoms with E-state index in [9.17, 15) is 9.90 Å². The van der Waals surface area contributed by atoms with Crippen molar-refractivity contribution in [1.82, 2.24) is 0 Å². The van der Waals surface area contributed by atoms with Gasteiger partial charge in [-0.05, 0) is 32.0 Å². The lowest BCUT2D eigenvalue weighted by Crippen LogP contribution is -2.26. The van der Waals surface area contributed by atoms with Gasteiger partial charge in [-0.3, -0.25) is 0 Å². The van der Waals surface area contributed by atoms with Crippen molar-refractivity contribution in [3.05, 3.63) is 23.8 Å². The molecule has 0 amide bonds. The highest BCUT2D eigenvalue weighted by Gasteiger charge is 2.15. The van der Waals surface area contributed by atoms with Crippen LogP contribution in [0.25, 0.3) is 0 Å². The van der Waals surface area contributed by atoms with E-state index in [4.69, 9.17) is 17.2 Å². The summed E-state index contributed by atoms with van der Waals surface area (Å²) in [5, 5.41) is 9.34.